The fourth-order valence-corrected chi connectivity index (χ4v) is 1.67. The number of hydrogen-bond donors (Lipinski definition) is 1. The van der Waals surface area contributed by atoms with Gasteiger partial charge >= 0.3 is 0 Å². The molecule has 0 aliphatic rings. The monoisotopic (exact) mass is 290 g/mol. The van der Waals surface area contributed by atoms with Crippen molar-refractivity contribution in [2.45, 2.75) is 6.54 Å². The second-order valence-corrected chi connectivity index (χ2v) is 4.33. The molecule has 0 aliphatic carbocycles. The molecule has 0 saturated carbocycles. The summed E-state index contributed by atoms with van der Waals surface area (Å²) in [6, 6.07) is 7.71. The Balaban J connectivity index is 1.75. The van der Waals surface area contributed by atoms with Gasteiger partial charge in [0.1, 0.15) is 19.3 Å². The van der Waals surface area contributed by atoms with Crippen LogP contribution in [0.15, 0.2) is 36.9 Å². The maximum absolute atomic E-state index is 11.5. The van der Waals surface area contributed by atoms with Crippen LogP contribution in [-0.2, 0) is 20.8 Å². The summed E-state index contributed by atoms with van der Waals surface area (Å²) in [7, 11) is 1.59. The third-order valence-electron chi connectivity index (χ3n) is 2.77. The highest BCUT2D eigenvalue weighted by atomic mass is 16.5. The molecule has 1 aromatic carbocycles. The minimum atomic E-state index is -0.147. The van der Waals surface area contributed by atoms with E-state index in [1.807, 2.05) is 24.3 Å². The number of methoxy groups -OCH3 is 1. The van der Waals surface area contributed by atoms with Crippen molar-refractivity contribution in [2.24, 2.45) is 0 Å². The molecule has 1 heterocycles. The van der Waals surface area contributed by atoms with Crippen LogP contribution in [0.3, 0.4) is 0 Å². The lowest BCUT2D eigenvalue weighted by atomic mass is 10.2. The predicted molar refractivity (Wildman–Crippen MR) is 75.9 cm³/mol. The second-order valence-electron chi connectivity index (χ2n) is 4.33. The quantitative estimate of drug-likeness (QED) is 0.718. The second kappa shape index (κ2) is 8.13. The molecule has 0 aliphatic heterocycles. The van der Waals surface area contributed by atoms with E-state index < -0.39 is 0 Å². The molecule has 0 saturated heterocycles. The van der Waals surface area contributed by atoms with Crippen LogP contribution in [0.1, 0.15) is 5.56 Å². The highest BCUT2D eigenvalue weighted by Crippen LogP contribution is 2.07. The van der Waals surface area contributed by atoms with E-state index >= 15 is 0 Å². The predicted octanol–water partition coefficient (Wildman–Crippen LogP) is 0.546. The Morgan fingerprint density at radius 2 is 2.10 bits per heavy atom. The van der Waals surface area contributed by atoms with Crippen LogP contribution in [0, 0.1) is 0 Å². The first-order valence-corrected chi connectivity index (χ1v) is 6.57. The highest BCUT2D eigenvalue weighted by Gasteiger charge is 2.02. The van der Waals surface area contributed by atoms with Gasteiger partial charge in [0.15, 0.2) is 0 Å². The Morgan fingerprint density at radius 3 is 2.76 bits per heavy atom. The maximum atomic E-state index is 11.5. The van der Waals surface area contributed by atoms with E-state index in [4.69, 9.17) is 9.47 Å². The smallest absolute Gasteiger partial charge is 0.246 e. The molecule has 1 aromatic heterocycles. The number of carbonyl (C=O) groups is 1. The summed E-state index contributed by atoms with van der Waals surface area (Å²) in [5.41, 5.74) is 1.93. The minimum Gasteiger partial charge on any atom is -0.382 e. The molecule has 0 fully saturated rings. The van der Waals surface area contributed by atoms with Crippen molar-refractivity contribution in [1.29, 1.82) is 0 Å². The Bertz CT molecular complexity index is 540. The molecule has 0 radical (unpaired) electrons. The van der Waals surface area contributed by atoms with Crippen LogP contribution >= 0.6 is 0 Å². The standard InChI is InChI=1S/C14H18N4O3/c1-20-6-7-21-9-14(19)16-8-12-2-4-13(5-3-12)18-11-15-10-17-18/h2-5,10-11H,6-9H2,1H3,(H,16,19). The summed E-state index contributed by atoms with van der Waals surface area (Å²) in [5.74, 6) is -0.147. The first kappa shape index (κ1) is 15.1. The van der Waals surface area contributed by atoms with Crippen molar-refractivity contribution in [1.82, 2.24) is 20.1 Å². The van der Waals surface area contributed by atoms with Gasteiger partial charge in [0.25, 0.3) is 0 Å². The first-order chi connectivity index (χ1) is 10.3. The lowest BCUT2D eigenvalue weighted by Gasteiger charge is -2.07. The maximum Gasteiger partial charge on any atom is 0.246 e. The molecule has 0 spiro atoms. The number of rotatable bonds is 8. The van der Waals surface area contributed by atoms with Gasteiger partial charge in [-0.15, -0.1) is 0 Å². The number of ether oxygens (including phenoxy) is 2. The lowest BCUT2D eigenvalue weighted by Crippen LogP contribution is -2.27. The molecular formula is C14H18N4O3. The van der Waals surface area contributed by atoms with Gasteiger partial charge in [-0.2, -0.15) is 5.10 Å². The van der Waals surface area contributed by atoms with Gasteiger partial charge in [-0.25, -0.2) is 9.67 Å². The largest absolute Gasteiger partial charge is 0.382 e. The van der Waals surface area contributed by atoms with Crippen LogP contribution in [-0.4, -0.2) is 47.6 Å². The number of carbonyl (C=O) groups excluding carboxylic acids is 1. The molecule has 21 heavy (non-hydrogen) atoms. The molecule has 1 N–H and O–H groups in total. The first-order valence-electron chi connectivity index (χ1n) is 6.57. The molecule has 0 bridgehead atoms. The van der Waals surface area contributed by atoms with Crippen molar-refractivity contribution in [3.05, 3.63) is 42.5 Å². The van der Waals surface area contributed by atoms with Gasteiger partial charge in [0, 0.05) is 13.7 Å². The molecule has 112 valence electrons. The van der Waals surface area contributed by atoms with Gasteiger partial charge in [-0.05, 0) is 17.7 Å². The third-order valence-corrected chi connectivity index (χ3v) is 2.77. The summed E-state index contributed by atoms with van der Waals surface area (Å²) in [4.78, 5) is 15.4. The number of nitrogens with zero attached hydrogens (tertiary/aromatic N) is 3. The molecule has 2 aromatic rings. The molecule has 0 atom stereocenters. The molecule has 2 rings (SSSR count). The van der Waals surface area contributed by atoms with Crippen LogP contribution in [0.4, 0.5) is 0 Å². The van der Waals surface area contributed by atoms with Crippen LogP contribution < -0.4 is 5.32 Å². The topological polar surface area (TPSA) is 78.3 Å². The summed E-state index contributed by atoms with van der Waals surface area (Å²) < 4.78 is 11.6. The summed E-state index contributed by atoms with van der Waals surface area (Å²) >= 11 is 0. The number of nitrogens with one attached hydrogen (secondary N) is 1. The van der Waals surface area contributed by atoms with E-state index in [-0.39, 0.29) is 12.5 Å². The fourth-order valence-electron chi connectivity index (χ4n) is 1.67. The van der Waals surface area contributed by atoms with Gasteiger partial charge in [-0.3, -0.25) is 4.79 Å². The average molecular weight is 290 g/mol. The van der Waals surface area contributed by atoms with Crippen molar-refractivity contribution in [3.63, 3.8) is 0 Å². The zero-order chi connectivity index (χ0) is 14.9. The summed E-state index contributed by atoms with van der Waals surface area (Å²) in [6.45, 7) is 1.40. The van der Waals surface area contributed by atoms with Gasteiger partial charge < -0.3 is 14.8 Å². The molecule has 0 unspecified atom stereocenters. The van der Waals surface area contributed by atoms with Gasteiger partial charge in [-0.1, -0.05) is 12.1 Å². The van der Waals surface area contributed by atoms with E-state index in [9.17, 15) is 4.79 Å². The number of aromatic nitrogens is 3. The number of benzene rings is 1. The normalized spacial score (nSPS) is 10.5. The fraction of sp³-hybridized carbons (Fsp3) is 0.357. The Labute approximate surface area is 122 Å². The van der Waals surface area contributed by atoms with E-state index in [1.165, 1.54) is 6.33 Å². The highest BCUT2D eigenvalue weighted by molar-refractivity contribution is 5.77. The Hall–Kier alpha value is -2.25. The van der Waals surface area contributed by atoms with E-state index in [2.05, 4.69) is 15.4 Å². The molecule has 7 nitrogen and oxygen atoms in total. The zero-order valence-corrected chi connectivity index (χ0v) is 11.9. The Kier molecular flexibility index (Phi) is 5.86. The molecule has 7 heteroatoms. The lowest BCUT2D eigenvalue weighted by molar-refractivity contribution is -0.126. The third kappa shape index (κ3) is 4.97. The van der Waals surface area contributed by atoms with Gasteiger partial charge in [0.2, 0.25) is 5.91 Å². The van der Waals surface area contributed by atoms with Crippen LogP contribution in [0.5, 0.6) is 0 Å². The Morgan fingerprint density at radius 1 is 1.29 bits per heavy atom. The van der Waals surface area contributed by atoms with Gasteiger partial charge in [0.05, 0.1) is 18.9 Å². The van der Waals surface area contributed by atoms with Crippen molar-refractivity contribution < 1.29 is 14.3 Å². The summed E-state index contributed by atoms with van der Waals surface area (Å²) in [6.07, 6.45) is 3.12. The van der Waals surface area contributed by atoms with E-state index in [1.54, 1.807) is 18.1 Å². The van der Waals surface area contributed by atoms with E-state index in [0.717, 1.165) is 11.3 Å². The summed E-state index contributed by atoms with van der Waals surface area (Å²) in [5, 5.41) is 6.84. The van der Waals surface area contributed by atoms with Crippen LogP contribution in [0.25, 0.3) is 5.69 Å². The van der Waals surface area contributed by atoms with Crippen molar-refractivity contribution in [3.8, 4) is 5.69 Å². The average Bonchev–Trinajstić information content (AvgIpc) is 3.04. The number of hydrogen-bond acceptors (Lipinski definition) is 5. The van der Waals surface area contributed by atoms with Crippen molar-refractivity contribution in [2.75, 3.05) is 26.9 Å². The minimum absolute atomic E-state index is 0.0421. The molecule has 1 amide bonds. The van der Waals surface area contributed by atoms with Crippen LogP contribution in [0.2, 0.25) is 0 Å². The van der Waals surface area contributed by atoms with Crippen molar-refractivity contribution >= 4 is 5.91 Å². The zero-order valence-electron chi connectivity index (χ0n) is 11.9. The SMILES string of the molecule is COCCOCC(=O)NCc1ccc(-n2cncn2)cc1. The molecular weight excluding hydrogens is 272 g/mol. The van der Waals surface area contributed by atoms with E-state index in [0.29, 0.717) is 19.8 Å². The number of amides is 1.